The summed E-state index contributed by atoms with van der Waals surface area (Å²) < 4.78 is 0. The van der Waals surface area contributed by atoms with Crippen LogP contribution >= 0.6 is 0 Å². The van der Waals surface area contributed by atoms with E-state index in [2.05, 4.69) is 9.97 Å². The number of aliphatic carboxylic acids is 1. The zero-order valence-electron chi connectivity index (χ0n) is 7.20. The van der Waals surface area contributed by atoms with Crippen LogP contribution in [0.15, 0.2) is 11.1 Å². The van der Waals surface area contributed by atoms with Crippen LogP contribution in [-0.4, -0.2) is 21.0 Å². The number of nitrogens with one attached hydrogen (secondary N) is 1. The molecule has 1 aromatic rings. The summed E-state index contributed by atoms with van der Waals surface area (Å²) in [6.07, 6.45) is 1.49. The molecule has 0 spiro atoms. The highest BCUT2D eigenvalue weighted by Gasteiger charge is 2.06. The van der Waals surface area contributed by atoms with Crippen molar-refractivity contribution in [2.24, 2.45) is 0 Å². The number of hydrogen-bond donors (Lipinski definition) is 2. The van der Waals surface area contributed by atoms with Crippen LogP contribution in [0.25, 0.3) is 0 Å². The Morgan fingerprint density at radius 3 is 2.92 bits per heavy atom. The highest BCUT2D eigenvalue weighted by atomic mass is 16.4. The van der Waals surface area contributed by atoms with Gasteiger partial charge < -0.3 is 10.1 Å². The predicted molar refractivity (Wildman–Crippen MR) is 45.6 cm³/mol. The molecule has 0 aliphatic rings. The maximum absolute atomic E-state index is 11.2. The smallest absolute Gasteiger partial charge is 0.303 e. The van der Waals surface area contributed by atoms with Gasteiger partial charge in [-0.2, -0.15) is 0 Å². The Labute approximate surface area is 74.4 Å². The van der Waals surface area contributed by atoms with Gasteiger partial charge in [-0.3, -0.25) is 9.59 Å². The van der Waals surface area contributed by atoms with Crippen LogP contribution in [0.4, 0.5) is 0 Å². The number of hydrogen-bond acceptors (Lipinski definition) is 3. The average molecular weight is 182 g/mol. The molecule has 1 heterocycles. The number of H-pyrrole nitrogens is 1. The Kier molecular flexibility index (Phi) is 2.79. The molecule has 1 rings (SSSR count). The fourth-order valence-electron chi connectivity index (χ4n) is 1.04. The molecule has 0 atom stereocenters. The standard InChI is InChI=1S/C8H10N2O3/c1-5-6(2-3-7(11)12)8(13)10-4-9-5/h4H,2-3H2,1H3,(H,11,12)(H,9,10,13). The number of nitrogens with zero attached hydrogens (tertiary/aromatic N) is 1. The second kappa shape index (κ2) is 3.84. The van der Waals surface area contributed by atoms with E-state index in [0.717, 1.165) is 0 Å². The number of aromatic amines is 1. The number of carbonyl (C=O) groups is 1. The van der Waals surface area contributed by atoms with Crippen LogP contribution in [-0.2, 0) is 11.2 Å². The lowest BCUT2D eigenvalue weighted by molar-refractivity contribution is -0.136. The number of aryl methyl sites for hydroxylation is 1. The molecule has 13 heavy (non-hydrogen) atoms. The number of carboxylic acid groups (broad SMARTS) is 1. The largest absolute Gasteiger partial charge is 0.481 e. The van der Waals surface area contributed by atoms with Gasteiger partial charge in [0.2, 0.25) is 0 Å². The van der Waals surface area contributed by atoms with Crippen LogP contribution < -0.4 is 5.56 Å². The Morgan fingerprint density at radius 1 is 1.69 bits per heavy atom. The third kappa shape index (κ3) is 2.40. The lowest BCUT2D eigenvalue weighted by atomic mass is 10.1. The summed E-state index contributed by atoms with van der Waals surface area (Å²) >= 11 is 0. The maximum atomic E-state index is 11.2. The minimum Gasteiger partial charge on any atom is -0.481 e. The van der Waals surface area contributed by atoms with Gasteiger partial charge in [0.25, 0.3) is 5.56 Å². The molecule has 5 heteroatoms. The monoisotopic (exact) mass is 182 g/mol. The van der Waals surface area contributed by atoms with Crippen molar-refractivity contribution < 1.29 is 9.90 Å². The second-order valence-corrected chi connectivity index (χ2v) is 2.69. The molecule has 0 unspecified atom stereocenters. The first-order valence-corrected chi connectivity index (χ1v) is 3.86. The van der Waals surface area contributed by atoms with Crippen LogP contribution in [0.1, 0.15) is 17.7 Å². The fourth-order valence-corrected chi connectivity index (χ4v) is 1.04. The molecule has 1 aromatic heterocycles. The van der Waals surface area contributed by atoms with Crippen LogP contribution in [0.5, 0.6) is 0 Å². The molecule has 0 fully saturated rings. The Morgan fingerprint density at radius 2 is 2.38 bits per heavy atom. The highest BCUT2D eigenvalue weighted by Crippen LogP contribution is 2.00. The summed E-state index contributed by atoms with van der Waals surface area (Å²) in [7, 11) is 0. The first-order chi connectivity index (χ1) is 6.11. The SMILES string of the molecule is Cc1nc[nH]c(=O)c1CCC(=O)O. The van der Waals surface area contributed by atoms with Gasteiger partial charge in [0, 0.05) is 17.7 Å². The van der Waals surface area contributed by atoms with E-state index in [1.54, 1.807) is 6.92 Å². The van der Waals surface area contributed by atoms with Gasteiger partial charge in [-0.25, -0.2) is 4.98 Å². The third-order valence-electron chi connectivity index (χ3n) is 1.75. The predicted octanol–water partition coefficient (Wildman–Crippen LogP) is 0.0955. The topological polar surface area (TPSA) is 83.0 Å². The maximum Gasteiger partial charge on any atom is 0.303 e. The molecule has 0 saturated carbocycles. The molecular weight excluding hydrogens is 172 g/mol. The summed E-state index contributed by atoms with van der Waals surface area (Å²) in [6.45, 7) is 1.69. The number of carboxylic acids is 1. The summed E-state index contributed by atoms with van der Waals surface area (Å²) in [5.74, 6) is -0.914. The van der Waals surface area contributed by atoms with Gasteiger partial charge in [0.1, 0.15) is 0 Å². The van der Waals surface area contributed by atoms with Crippen LogP contribution in [0, 0.1) is 6.92 Å². The van der Waals surface area contributed by atoms with Crippen molar-refractivity contribution >= 4 is 5.97 Å². The molecule has 70 valence electrons. The molecule has 2 N–H and O–H groups in total. The van der Waals surface area contributed by atoms with Gasteiger partial charge >= 0.3 is 5.97 Å². The first kappa shape index (κ1) is 9.44. The molecule has 0 radical (unpaired) electrons. The molecule has 0 aromatic carbocycles. The van der Waals surface area contributed by atoms with E-state index in [9.17, 15) is 9.59 Å². The van der Waals surface area contributed by atoms with E-state index in [1.165, 1.54) is 6.33 Å². The van der Waals surface area contributed by atoms with Gasteiger partial charge in [-0.05, 0) is 13.3 Å². The minimum atomic E-state index is -0.914. The van der Waals surface area contributed by atoms with Gasteiger partial charge in [-0.15, -0.1) is 0 Å². The van der Waals surface area contributed by atoms with E-state index < -0.39 is 5.97 Å². The van der Waals surface area contributed by atoms with Crippen molar-refractivity contribution in [3.8, 4) is 0 Å². The van der Waals surface area contributed by atoms with E-state index in [-0.39, 0.29) is 18.4 Å². The molecule has 0 aliphatic heterocycles. The number of rotatable bonds is 3. The Balaban J connectivity index is 2.87. The fraction of sp³-hybridized carbons (Fsp3) is 0.375. The van der Waals surface area contributed by atoms with E-state index in [4.69, 9.17) is 5.11 Å². The van der Waals surface area contributed by atoms with Crippen molar-refractivity contribution in [2.45, 2.75) is 19.8 Å². The summed E-state index contributed by atoms with van der Waals surface area (Å²) in [4.78, 5) is 27.7. The minimum absolute atomic E-state index is 0.0460. The quantitative estimate of drug-likeness (QED) is 0.694. The summed E-state index contributed by atoms with van der Waals surface area (Å²) in [6, 6.07) is 0. The molecule has 5 nitrogen and oxygen atoms in total. The Bertz CT molecular complexity index is 370. The first-order valence-electron chi connectivity index (χ1n) is 3.86. The van der Waals surface area contributed by atoms with Crippen LogP contribution in [0.2, 0.25) is 0 Å². The van der Waals surface area contributed by atoms with Gasteiger partial charge in [-0.1, -0.05) is 0 Å². The van der Waals surface area contributed by atoms with Crippen molar-refractivity contribution in [2.75, 3.05) is 0 Å². The average Bonchev–Trinajstić information content (AvgIpc) is 2.03. The normalized spacial score (nSPS) is 9.92. The number of aromatic nitrogens is 2. The zero-order valence-corrected chi connectivity index (χ0v) is 7.20. The van der Waals surface area contributed by atoms with E-state index >= 15 is 0 Å². The van der Waals surface area contributed by atoms with E-state index in [0.29, 0.717) is 11.3 Å². The van der Waals surface area contributed by atoms with Gasteiger partial charge in [0.05, 0.1) is 6.33 Å². The highest BCUT2D eigenvalue weighted by molar-refractivity contribution is 5.67. The zero-order chi connectivity index (χ0) is 9.84. The van der Waals surface area contributed by atoms with E-state index in [1.807, 2.05) is 0 Å². The molecule has 0 aliphatic carbocycles. The molecule has 0 saturated heterocycles. The van der Waals surface area contributed by atoms with Crippen molar-refractivity contribution in [3.63, 3.8) is 0 Å². The van der Waals surface area contributed by atoms with Crippen LogP contribution in [0.3, 0.4) is 0 Å². The van der Waals surface area contributed by atoms with Gasteiger partial charge in [0.15, 0.2) is 0 Å². The molecular formula is C8H10N2O3. The lowest BCUT2D eigenvalue weighted by Gasteiger charge is -1.99. The lowest BCUT2D eigenvalue weighted by Crippen LogP contribution is -2.16. The van der Waals surface area contributed by atoms with Crippen molar-refractivity contribution in [3.05, 3.63) is 27.9 Å². The molecule has 0 bridgehead atoms. The third-order valence-corrected chi connectivity index (χ3v) is 1.75. The van der Waals surface area contributed by atoms with Crippen molar-refractivity contribution in [1.82, 2.24) is 9.97 Å². The Hall–Kier alpha value is -1.65. The molecule has 0 amide bonds. The second-order valence-electron chi connectivity index (χ2n) is 2.69. The van der Waals surface area contributed by atoms with Crippen molar-refractivity contribution in [1.29, 1.82) is 0 Å². The summed E-state index contributed by atoms with van der Waals surface area (Å²) in [5.41, 5.74) is 0.781. The summed E-state index contributed by atoms with van der Waals surface area (Å²) in [5, 5.41) is 8.42.